The molecule has 98 heavy (non-hydrogen) atoms. The zero-order valence-electron chi connectivity index (χ0n) is 62.0. The number of hydrogen-bond donors (Lipinski definition) is 3. The maximum atomic E-state index is 13.1. The Morgan fingerprint density at radius 3 is 0.837 bits per heavy atom. The van der Waals surface area contributed by atoms with E-state index in [0.717, 1.165) is 167 Å². The molecule has 0 aromatic heterocycles. The summed E-state index contributed by atoms with van der Waals surface area (Å²) in [7, 11) is -9.95. The predicted octanol–water partition coefficient (Wildman–Crippen LogP) is 22.2. The van der Waals surface area contributed by atoms with E-state index in [-0.39, 0.29) is 25.7 Å². The van der Waals surface area contributed by atoms with Gasteiger partial charge in [0, 0.05) is 25.7 Å². The van der Waals surface area contributed by atoms with E-state index < -0.39 is 97.5 Å². The van der Waals surface area contributed by atoms with Crippen molar-refractivity contribution in [2.45, 2.75) is 354 Å². The standard InChI is InChI=1S/C79H140O17P2/c1-5-9-13-17-21-25-29-33-36-40-43-47-51-55-59-63-76(81)89-69-74(95-78(83)65-61-57-53-49-45-39-32-28-24-20-16-12-8-4)71-93-97(85,86)91-67-73(80)68-92-98(87,88)94-72-75(96-79(84)66-62-58-54-50-46-42-38-35-31-27-23-19-15-11-7-3)70-90-77(82)64-60-56-52-48-44-41-37-34-30-26-22-18-14-10-6-2/h9,13,21-23,25-27,33-38,73-75,80H,5-8,10-12,14-20,24,28-32,39-72H2,1-4H3,(H,85,86)(H,87,88)/b13-9-,25-21-,26-22-,27-23-,36-33-,37-34-,38-35-. The van der Waals surface area contributed by atoms with E-state index in [1.54, 1.807) is 0 Å². The van der Waals surface area contributed by atoms with E-state index in [1.807, 2.05) is 0 Å². The number of phosphoric ester groups is 2. The monoisotopic (exact) mass is 1420 g/mol. The number of carbonyl (C=O) groups is 4. The molecule has 0 heterocycles. The summed E-state index contributed by atoms with van der Waals surface area (Å²) in [4.78, 5) is 72.9. The van der Waals surface area contributed by atoms with Gasteiger partial charge < -0.3 is 33.8 Å². The Hall–Kier alpha value is -3.76. The van der Waals surface area contributed by atoms with Gasteiger partial charge >= 0.3 is 39.5 Å². The molecule has 0 aromatic rings. The van der Waals surface area contributed by atoms with Crippen LogP contribution >= 0.6 is 15.6 Å². The fraction of sp³-hybridized carbons (Fsp3) is 0.772. The summed E-state index contributed by atoms with van der Waals surface area (Å²) in [5, 5.41) is 10.6. The third-order valence-corrected chi connectivity index (χ3v) is 18.2. The molecule has 0 bridgehead atoms. The van der Waals surface area contributed by atoms with Crippen LogP contribution in [0.15, 0.2) is 85.1 Å². The van der Waals surface area contributed by atoms with Crippen LogP contribution in [0.5, 0.6) is 0 Å². The van der Waals surface area contributed by atoms with Crippen LogP contribution in [0.4, 0.5) is 0 Å². The van der Waals surface area contributed by atoms with Gasteiger partial charge in [-0.1, -0.05) is 273 Å². The van der Waals surface area contributed by atoms with Gasteiger partial charge in [0.1, 0.15) is 19.3 Å². The predicted molar refractivity (Wildman–Crippen MR) is 399 cm³/mol. The molecule has 17 nitrogen and oxygen atoms in total. The molecule has 5 atom stereocenters. The molecule has 0 rings (SSSR count). The van der Waals surface area contributed by atoms with Crippen LogP contribution in [-0.4, -0.2) is 96.7 Å². The van der Waals surface area contributed by atoms with E-state index >= 15 is 0 Å². The number of rotatable bonds is 73. The molecule has 0 aliphatic carbocycles. The average molecular weight is 1420 g/mol. The number of allylic oxidation sites excluding steroid dienone is 14. The molecule has 0 aliphatic rings. The highest BCUT2D eigenvalue weighted by molar-refractivity contribution is 7.47. The highest BCUT2D eigenvalue weighted by Gasteiger charge is 2.30. The summed E-state index contributed by atoms with van der Waals surface area (Å²) < 4.78 is 68.5. The minimum Gasteiger partial charge on any atom is -0.462 e. The van der Waals surface area contributed by atoms with E-state index in [9.17, 15) is 43.2 Å². The van der Waals surface area contributed by atoms with Crippen LogP contribution in [0.25, 0.3) is 0 Å². The second kappa shape index (κ2) is 71.6. The molecule has 0 saturated heterocycles. The van der Waals surface area contributed by atoms with Crippen LogP contribution in [0.3, 0.4) is 0 Å². The van der Waals surface area contributed by atoms with Crippen molar-refractivity contribution in [3.05, 3.63) is 85.1 Å². The molecule has 0 aliphatic heterocycles. The maximum Gasteiger partial charge on any atom is 0.472 e. The van der Waals surface area contributed by atoms with Crippen molar-refractivity contribution in [3.8, 4) is 0 Å². The molecular formula is C79H140O17P2. The molecule has 0 saturated carbocycles. The number of aliphatic hydroxyl groups is 1. The number of esters is 4. The SMILES string of the molecule is CC/C=C\C/C=C\C/C=C\CCCCCCCC(=O)OCC(COP(=O)(O)OCC(O)COP(=O)(O)OCC(COC(=O)CCCCCCC/C=C\C/C=C\CCCCC)OC(=O)CCCCCCC/C=C\C/C=C\CCCCC)OC(=O)CCCCCCCCCCCCCCC. The minimum absolute atomic E-state index is 0.0773. The number of ether oxygens (including phenoxy) is 4. The first-order chi connectivity index (χ1) is 47.7. The van der Waals surface area contributed by atoms with Gasteiger partial charge in [0.15, 0.2) is 12.2 Å². The third-order valence-electron chi connectivity index (χ3n) is 16.3. The number of aliphatic hydroxyl groups excluding tert-OH is 1. The molecule has 568 valence electrons. The lowest BCUT2D eigenvalue weighted by Crippen LogP contribution is -2.30. The lowest BCUT2D eigenvalue weighted by atomic mass is 10.0. The van der Waals surface area contributed by atoms with Crippen molar-refractivity contribution < 1.29 is 80.2 Å². The average Bonchev–Trinajstić information content (AvgIpc) is 0.959. The molecule has 0 radical (unpaired) electrons. The van der Waals surface area contributed by atoms with Crippen molar-refractivity contribution >= 4 is 39.5 Å². The lowest BCUT2D eigenvalue weighted by Gasteiger charge is -2.21. The Morgan fingerprint density at radius 1 is 0.296 bits per heavy atom. The molecule has 3 N–H and O–H groups in total. The minimum atomic E-state index is -4.98. The Kier molecular flexibility index (Phi) is 68.9. The fourth-order valence-electron chi connectivity index (χ4n) is 10.4. The number of unbranched alkanes of at least 4 members (excludes halogenated alkanes) is 33. The van der Waals surface area contributed by atoms with E-state index in [2.05, 4.69) is 113 Å². The molecule has 0 fully saturated rings. The first kappa shape index (κ1) is 94.2. The Labute approximate surface area is 595 Å². The van der Waals surface area contributed by atoms with Crippen molar-refractivity contribution in [1.82, 2.24) is 0 Å². The quantitative estimate of drug-likeness (QED) is 0.0169. The molecule has 0 aromatic carbocycles. The van der Waals surface area contributed by atoms with Crippen LogP contribution in [0.2, 0.25) is 0 Å². The van der Waals surface area contributed by atoms with Gasteiger partial charge in [0.2, 0.25) is 0 Å². The number of carbonyl (C=O) groups excluding carboxylic acids is 4. The van der Waals surface area contributed by atoms with Crippen molar-refractivity contribution in [2.24, 2.45) is 0 Å². The summed E-state index contributed by atoms with van der Waals surface area (Å²) in [5.74, 6) is -2.20. The number of hydrogen-bond acceptors (Lipinski definition) is 15. The third kappa shape index (κ3) is 70.7. The fourth-order valence-corrected chi connectivity index (χ4v) is 12.0. The zero-order valence-corrected chi connectivity index (χ0v) is 63.7. The highest BCUT2D eigenvalue weighted by atomic mass is 31.2. The summed E-state index contributed by atoms with van der Waals surface area (Å²) in [6.07, 6.45) is 72.7. The molecule has 5 unspecified atom stereocenters. The van der Waals surface area contributed by atoms with Crippen LogP contribution in [0.1, 0.15) is 336 Å². The first-order valence-electron chi connectivity index (χ1n) is 38.8. The normalized spacial score (nSPS) is 14.4. The van der Waals surface area contributed by atoms with E-state index in [4.69, 9.17) is 37.0 Å². The van der Waals surface area contributed by atoms with E-state index in [0.29, 0.717) is 25.7 Å². The topological polar surface area (TPSA) is 237 Å². The summed E-state index contributed by atoms with van der Waals surface area (Å²) >= 11 is 0. The Balaban J connectivity index is 5.36. The molecule has 0 amide bonds. The maximum absolute atomic E-state index is 13.1. The smallest absolute Gasteiger partial charge is 0.462 e. The molecule has 19 heteroatoms. The van der Waals surface area contributed by atoms with Crippen molar-refractivity contribution in [3.63, 3.8) is 0 Å². The molecule has 0 spiro atoms. The van der Waals surface area contributed by atoms with Crippen molar-refractivity contribution in [2.75, 3.05) is 39.6 Å². The van der Waals surface area contributed by atoms with Gasteiger partial charge in [-0.2, -0.15) is 0 Å². The van der Waals surface area contributed by atoms with Gasteiger partial charge in [-0.15, -0.1) is 0 Å². The summed E-state index contributed by atoms with van der Waals surface area (Å²) in [5.41, 5.74) is 0. The van der Waals surface area contributed by atoms with Crippen molar-refractivity contribution in [1.29, 1.82) is 0 Å². The number of phosphoric acid groups is 2. The van der Waals surface area contributed by atoms with Gasteiger partial charge in [-0.25, -0.2) is 9.13 Å². The van der Waals surface area contributed by atoms with Crippen LogP contribution in [0, 0.1) is 0 Å². The lowest BCUT2D eigenvalue weighted by molar-refractivity contribution is -0.161. The van der Waals surface area contributed by atoms with Gasteiger partial charge in [0.05, 0.1) is 26.4 Å². The van der Waals surface area contributed by atoms with Crippen LogP contribution < -0.4 is 0 Å². The summed E-state index contributed by atoms with van der Waals surface area (Å²) in [6, 6.07) is 0. The zero-order chi connectivity index (χ0) is 71.8. The summed E-state index contributed by atoms with van der Waals surface area (Å²) in [6.45, 7) is 4.70. The largest absolute Gasteiger partial charge is 0.472 e. The first-order valence-corrected chi connectivity index (χ1v) is 41.8. The van der Waals surface area contributed by atoms with Gasteiger partial charge in [0.25, 0.3) is 0 Å². The Morgan fingerprint density at radius 2 is 0.531 bits per heavy atom. The second-order valence-electron chi connectivity index (χ2n) is 25.9. The van der Waals surface area contributed by atoms with Gasteiger partial charge in [-0.3, -0.25) is 37.3 Å². The highest BCUT2D eigenvalue weighted by Crippen LogP contribution is 2.45. The molecular weight excluding hydrogens is 1280 g/mol. The van der Waals surface area contributed by atoms with Gasteiger partial charge in [-0.05, 0) is 122 Å². The Bertz CT molecular complexity index is 2190. The van der Waals surface area contributed by atoms with E-state index in [1.165, 1.54) is 89.9 Å². The second-order valence-corrected chi connectivity index (χ2v) is 28.8. The van der Waals surface area contributed by atoms with Crippen LogP contribution in [-0.2, 0) is 65.4 Å².